The molecule has 6 heteroatoms. The molecule has 1 aliphatic heterocycles. The molecule has 0 aromatic carbocycles. The number of nitrogen functional groups attached to an aromatic ring is 1. The molecule has 0 radical (unpaired) electrons. The lowest BCUT2D eigenvalue weighted by Gasteiger charge is -2.37. The Bertz CT molecular complexity index is 464. The van der Waals surface area contributed by atoms with Crippen molar-refractivity contribution in [3.05, 3.63) is 22.8 Å². The van der Waals surface area contributed by atoms with Crippen LogP contribution < -0.4 is 10.6 Å². The summed E-state index contributed by atoms with van der Waals surface area (Å²) in [4.78, 5) is 6.47. The van der Waals surface area contributed by atoms with Gasteiger partial charge >= 0.3 is 0 Å². The predicted octanol–water partition coefficient (Wildman–Crippen LogP) is 1.76. The highest BCUT2D eigenvalue weighted by Gasteiger charge is 2.25. The second kappa shape index (κ2) is 6.21. The summed E-state index contributed by atoms with van der Waals surface area (Å²) < 4.78 is 0. The maximum absolute atomic E-state index is 9.16. The van der Waals surface area contributed by atoms with Crippen molar-refractivity contribution in [2.75, 3.05) is 18.1 Å². The number of amidine groups is 1. The van der Waals surface area contributed by atoms with Gasteiger partial charge in [0, 0.05) is 31.0 Å². The summed E-state index contributed by atoms with van der Waals surface area (Å²) in [5.41, 5.74) is 6.03. The first kappa shape index (κ1) is 14.1. The normalized spacial score (nSPS) is 19.5. The van der Waals surface area contributed by atoms with Gasteiger partial charge in [-0.3, -0.25) is 5.41 Å². The molecule has 1 unspecified atom stereocenters. The lowest BCUT2D eigenvalue weighted by molar-refractivity contribution is 0.262. The summed E-state index contributed by atoms with van der Waals surface area (Å²) in [5, 5.41) is 17.1. The molecule has 1 atom stereocenters. The Balaban J connectivity index is 2.33. The van der Waals surface area contributed by atoms with Crippen molar-refractivity contribution in [3.8, 4) is 0 Å². The van der Waals surface area contributed by atoms with Gasteiger partial charge in [0.1, 0.15) is 11.7 Å². The minimum atomic E-state index is -0.0515. The molecule has 1 fully saturated rings. The number of hydrogen-bond acceptors (Lipinski definition) is 4. The van der Waals surface area contributed by atoms with Crippen LogP contribution in [0, 0.1) is 5.41 Å². The molecule has 1 aromatic heterocycles. The van der Waals surface area contributed by atoms with Crippen LogP contribution in [0.4, 0.5) is 5.82 Å². The minimum Gasteiger partial charge on any atom is -0.396 e. The van der Waals surface area contributed by atoms with Crippen molar-refractivity contribution in [2.24, 2.45) is 5.73 Å². The van der Waals surface area contributed by atoms with Crippen LogP contribution in [-0.4, -0.2) is 35.1 Å². The fourth-order valence-electron chi connectivity index (χ4n) is 2.57. The molecule has 4 N–H and O–H groups in total. The van der Waals surface area contributed by atoms with Crippen molar-refractivity contribution >= 4 is 23.3 Å². The van der Waals surface area contributed by atoms with Gasteiger partial charge in [0.25, 0.3) is 0 Å². The number of aliphatic hydroxyl groups is 1. The Morgan fingerprint density at radius 1 is 1.58 bits per heavy atom. The van der Waals surface area contributed by atoms with E-state index in [2.05, 4.69) is 9.88 Å². The number of rotatable bonds is 4. The quantitative estimate of drug-likeness (QED) is 0.580. The molecule has 19 heavy (non-hydrogen) atoms. The Hall–Kier alpha value is -1.33. The van der Waals surface area contributed by atoms with E-state index in [-0.39, 0.29) is 18.5 Å². The molecule has 2 rings (SSSR count). The third kappa shape index (κ3) is 2.98. The molecule has 2 heterocycles. The van der Waals surface area contributed by atoms with Crippen LogP contribution in [0.3, 0.4) is 0 Å². The predicted molar refractivity (Wildman–Crippen MR) is 77.0 cm³/mol. The Morgan fingerprint density at radius 2 is 2.37 bits per heavy atom. The SMILES string of the molecule is N=C(N)c1ccnc(N2CCCCC2CCO)c1Cl. The molecule has 1 saturated heterocycles. The average Bonchev–Trinajstić information content (AvgIpc) is 2.40. The molecule has 104 valence electrons. The number of pyridine rings is 1. The number of nitrogens with two attached hydrogens (primary N) is 1. The number of nitrogens with one attached hydrogen (secondary N) is 1. The number of anilines is 1. The second-order valence-corrected chi connectivity index (χ2v) is 5.14. The van der Waals surface area contributed by atoms with Gasteiger partial charge in [-0.2, -0.15) is 0 Å². The van der Waals surface area contributed by atoms with E-state index < -0.39 is 0 Å². The Kier molecular flexibility index (Phi) is 4.61. The Labute approximate surface area is 117 Å². The maximum Gasteiger partial charge on any atom is 0.148 e. The van der Waals surface area contributed by atoms with Crippen LogP contribution in [0.1, 0.15) is 31.2 Å². The van der Waals surface area contributed by atoms with E-state index in [1.54, 1.807) is 12.3 Å². The van der Waals surface area contributed by atoms with E-state index in [0.717, 1.165) is 25.8 Å². The minimum absolute atomic E-state index is 0.0515. The van der Waals surface area contributed by atoms with Crippen LogP contribution in [0.15, 0.2) is 12.3 Å². The van der Waals surface area contributed by atoms with Crippen LogP contribution in [0.5, 0.6) is 0 Å². The summed E-state index contributed by atoms with van der Waals surface area (Å²) in [6, 6.07) is 1.91. The zero-order chi connectivity index (χ0) is 13.8. The van der Waals surface area contributed by atoms with Crippen molar-refractivity contribution in [2.45, 2.75) is 31.7 Å². The van der Waals surface area contributed by atoms with Crippen LogP contribution >= 0.6 is 11.6 Å². The molecule has 0 spiro atoms. The number of aromatic nitrogens is 1. The molecule has 0 bridgehead atoms. The van der Waals surface area contributed by atoms with Gasteiger partial charge < -0.3 is 15.7 Å². The van der Waals surface area contributed by atoms with Crippen molar-refractivity contribution in [1.82, 2.24) is 4.98 Å². The number of aliphatic hydroxyl groups excluding tert-OH is 1. The van der Waals surface area contributed by atoms with Crippen molar-refractivity contribution in [1.29, 1.82) is 5.41 Å². The molecule has 0 amide bonds. The molecular weight excluding hydrogens is 264 g/mol. The molecule has 0 saturated carbocycles. The van der Waals surface area contributed by atoms with Gasteiger partial charge in [0.2, 0.25) is 0 Å². The molecular formula is C13H19ClN4O. The van der Waals surface area contributed by atoms with E-state index in [4.69, 9.17) is 27.9 Å². The van der Waals surface area contributed by atoms with E-state index in [0.29, 0.717) is 22.8 Å². The summed E-state index contributed by atoms with van der Waals surface area (Å²) in [6.07, 6.45) is 5.61. The van der Waals surface area contributed by atoms with Gasteiger partial charge in [-0.25, -0.2) is 4.98 Å². The highest BCUT2D eigenvalue weighted by molar-refractivity contribution is 6.36. The van der Waals surface area contributed by atoms with Crippen LogP contribution in [-0.2, 0) is 0 Å². The van der Waals surface area contributed by atoms with E-state index in [1.165, 1.54) is 0 Å². The van der Waals surface area contributed by atoms with E-state index in [9.17, 15) is 0 Å². The number of piperidine rings is 1. The topological polar surface area (TPSA) is 86.2 Å². The van der Waals surface area contributed by atoms with E-state index in [1.807, 2.05) is 0 Å². The zero-order valence-electron chi connectivity index (χ0n) is 10.8. The van der Waals surface area contributed by atoms with Crippen molar-refractivity contribution in [3.63, 3.8) is 0 Å². The summed E-state index contributed by atoms with van der Waals surface area (Å²) >= 11 is 6.32. The van der Waals surface area contributed by atoms with Crippen LogP contribution in [0.2, 0.25) is 5.02 Å². The third-order valence-electron chi connectivity index (χ3n) is 3.52. The monoisotopic (exact) mass is 282 g/mol. The van der Waals surface area contributed by atoms with Gasteiger partial charge in [-0.15, -0.1) is 0 Å². The largest absolute Gasteiger partial charge is 0.396 e. The lowest BCUT2D eigenvalue weighted by Crippen LogP contribution is -2.41. The molecule has 1 aromatic rings. The molecule has 5 nitrogen and oxygen atoms in total. The number of halogens is 1. The Morgan fingerprint density at radius 3 is 3.05 bits per heavy atom. The standard InChI is InChI=1S/C13H19ClN4O/c14-11-10(12(15)16)4-6-17-13(11)18-7-2-1-3-9(18)5-8-19/h4,6,9,19H,1-3,5,7-8H2,(H3,15,16). The average molecular weight is 283 g/mol. The fourth-order valence-corrected chi connectivity index (χ4v) is 2.89. The van der Waals surface area contributed by atoms with Gasteiger partial charge in [0.15, 0.2) is 0 Å². The third-order valence-corrected chi connectivity index (χ3v) is 3.90. The van der Waals surface area contributed by atoms with Gasteiger partial charge in [0.05, 0.1) is 5.02 Å². The first-order valence-corrected chi connectivity index (χ1v) is 6.89. The second-order valence-electron chi connectivity index (χ2n) is 4.77. The van der Waals surface area contributed by atoms with Crippen LogP contribution in [0.25, 0.3) is 0 Å². The first-order valence-electron chi connectivity index (χ1n) is 6.51. The maximum atomic E-state index is 9.16. The van der Waals surface area contributed by atoms with E-state index >= 15 is 0 Å². The smallest absolute Gasteiger partial charge is 0.148 e. The summed E-state index contributed by atoms with van der Waals surface area (Å²) in [5.74, 6) is 0.622. The summed E-state index contributed by atoms with van der Waals surface area (Å²) in [6.45, 7) is 1.03. The number of nitrogens with zero attached hydrogens (tertiary/aromatic N) is 2. The lowest BCUT2D eigenvalue weighted by atomic mass is 9.99. The molecule has 1 aliphatic rings. The van der Waals surface area contributed by atoms with Crippen molar-refractivity contribution < 1.29 is 5.11 Å². The molecule has 0 aliphatic carbocycles. The highest BCUT2D eigenvalue weighted by Crippen LogP contribution is 2.32. The van der Waals surface area contributed by atoms with Gasteiger partial charge in [-0.1, -0.05) is 11.6 Å². The first-order chi connectivity index (χ1) is 9.15. The van der Waals surface area contributed by atoms with Gasteiger partial charge in [-0.05, 0) is 31.7 Å². The highest BCUT2D eigenvalue weighted by atomic mass is 35.5. The fraction of sp³-hybridized carbons (Fsp3) is 0.538. The summed E-state index contributed by atoms with van der Waals surface area (Å²) in [7, 11) is 0. The number of hydrogen-bond donors (Lipinski definition) is 3. The zero-order valence-corrected chi connectivity index (χ0v) is 11.5.